The van der Waals surface area contributed by atoms with Crippen LogP contribution < -0.4 is 5.32 Å². The Morgan fingerprint density at radius 2 is 2.11 bits per heavy atom. The van der Waals surface area contributed by atoms with E-state index in [9.17, 15) is 8.42 Å². The summed E-state index contributed by atoms with van der Waals surface area (Å²) >= 11 is 0. The SMILES string of the molecule is CCCCOCCNCCN1CCS(=O)(=O)CC1C. The van der Waals surface area contributed by atoms with Gasteiger partial charge < -0.3 is 10.1 Å². The van der Waals surface area contributed by atoms with E-state index in [0.717, 1.165) is 39.3 Å². The number of ether oxygens (including phenoxy) is 1. The molecular formula is C13H28N2O3S. The summed E-state index contributed by atoms with van der Waals surface area (Å²) in [6.45, 7) is 9.07. The van der Waals surface area contributed by atoms with Crippen molar-refractivity contribution in [2.45, 2.75) is 32.7 Å². The summed E-state index contributed by atoms with van der Waals surface area (Å²) in [5.41, 5.74) is 0. The van der Waals surface area contributed by atoms with Crippen molar-refractivity contribution in [3.63, 3.8) is 0 Å². The van der Waals surface area contributed by atoms with Crippen molar-refractivity contribution >= 4 is 9.84 Å². The number of hydrogen-bond acceptors (Lipinski definition) is 5. The molecule has 0 saturated carbocycles. The zero-order chi connectivity index (χ0) is 14.1. The Labute approximate surface area is 117 Å². The van der Waals surface area contributed by atoms with Crippen molar-refractivity contribution in [2.75, 3.05) is 50.9 Å². The molecule has 1 N–H and O–H groups in total. The fraction of sp³-hybridized carbons (Fsp3) is 1.00. The number of sulfone groups is 1. The lowest BCUT2D eigenvalue weighted by molar-refractivity contribution is 0.131. The molecule has 0 bridgehead atoms. The van der Waals surface area contributed by atoms with E-state index in [1.807, 2.05) is 6.92 Å². The Hall–Kier alpha value is -0.170. The molecule has 1 unspecified atom stereocenters. The minimum Gasteiger partial charge on any atom is -0.380 e. The standard InChI is InChI=1S/C13H28N2O3S/c1-3-4-9-18-10-6-14-5-7-15-8-11-19(16,17)12-13(15)2/h13-14H,3-12H2,1-2H3. The van der Waals surface area contributed by atoms with E-state index in [0.29, 0.717) is 18.1 Å². The highest BCUT2D eigenvalue weighted by Gasteiger charge is 2.27. The molecule has 1 atom stereocenters. The maximum absolute atomic E-state index is 11.4. The summed E-state index contributed by atoms with van der Waals surface area (Å²) in [5, 5.41) is 3.33. The van der Waals surface area contributed by atoms with Gasteiger partial charge in [-0.15, -0.1) is 0 Å². The first-order valence-corrected chi connectivity index (χ1v) is 9.10. The van der Waals surface area contributed by atoms with Crippen LogP contribution in [0.3, 0.4) is 0 Å². The van der Waals surface area contributed by atoms with E-state index < -0.39 is 9.84 Å². The molecule has 0 amide bonds. The van der Waals surface area contributed by atoms with Gasteiger partial charge in [0.2, 0.25) is 0 Å². The van der Waals surface area contributed by atoms with Crippen LogP contribution >= 0.6 is 0 Å². The highest BCUT2D eigenvalue weighted by molar-refractivity contribution is 7.91. The molecule has 114 valence electrons. The van der Waals surface area contributed by atoms with E-state index in [1.54, 1.807) is 0 Å². The zero-order valence-electron chi connectivity index (χ0n) is 12.2. The Morgan fingerprint density at radius 1 is 1.32 bits per heavy atom. The second kappa shape index (κ2) is 8.89. The molecule has 0 aromatic carbocycles. The van der Waals surface area contributed by atoms with Crippen LogP contribution in [0.5, 0.6) is 0 Å². The maximum atomic E-state index is 11.4. The van der Waals surface area contributed by atoms with Crippen LogP contribution in [0, 0.1) is 0 Å². The van der Waals surface area contributed by atoms with Gasteiger partial charge >= 0.3 is 0 Å². The number of hydrogen-bond donors (Lipinski definition) is 1. The number of nitrogens with zero attached hydrogens (tertiary/aromatic N) is 1. The molecule has 1 aliphatic rings. The van der Waals surface area contributed by atoms with Crippen molar-refractivity contribution in [1.82, 2.24) is 10.2 Å². The lowest BCUT2D eigenvalue weighted by Gasteiger charge is -2.33. The van der Waals surface area contributed by atoms with Crippen molar-refractivity contribution < 1.29 is 13.2 Å². The Balaban J connectivity index is 2.01. The van der Waals surface area contributed by atoms with Crippen LogP contribution in [0.2, 0.25) is 0 Å². The number of nitrogens with one attached hydrogen (secondary N) is 1. The molecule has 0 aliphatic carbocycles. The van der Waals surface area contributed by atoms with Crippen LogP contribution in [0.1, 0.15) is 26.7 Å². The van der Waals surface area contributed by atoms with E-state index >= 15 is 0 Å². The fourth-order valence-corrected chi connectivity index (χ4v) is 3.83. The molecule has 5 nitrogen and oxygen atoms in total. The third-order valence-corrected chi connectivity index (χ3v) is 5.24. The van der Waals surface area contributed by atoms with Crippen molar-refractivity contribution in [3.8, 4) is 0 Å². The van der Waals surface area contributed by atoms with Gasteiger partial charge in [0.25, 0.3) is 0 Å². The maximum Gasteiger partial charge on any atom is 0.153 e. The lowest BCUT2D eigenvalue weighted by Crippen LogP contribution is -2.49. The smallest absolute Gasteiger partial charge is 0.153 e. The minimum atomic E-state index is -2.80. The Morgan fingerprint density at radius 3 is 2.79 bits per heavy atom. The molecule has 1 rings (SSSR count). The summed E-state index contributed by atoms with van der Waals surface area (Å²) in [4.78, 5) is 2.24. The second-order valence-corrected chi connectivity index (χ2v) is 7.44. The van der Waals surface area contributed by atoms with E-state index in [1.165, 1.54) is 6.42 Å². The predicted molar refractivity (Wildman–Crippen MR) is 78.3 cm³/mol. The van der Waals surface area contributed by atoms with Crippen LogP contribution in [0.25, 0.3) is 0 Å². The minimum absolute atomic E-state index is 0.140. The first-order chi connectivity index (χ1) is 9.05. The molecular weight excluding hydrogens is 264 g/mol. The summed E-state index contributed by atoms with van der Waals surface area (Å²) in [6, 6.07) is 0.140. The third kappa shape index (κ3) is 7.25. The van der Waals surface area contributed by atoms with E-state index in [4.69, 9.17) is 4.74 Å². The van der Waals surface area contributed by atoms with Gasteiger partial charge in [0.05, 0.1) is 18.1 Å². The van der Waals surface area contributed by atoms with Gasteiger partial charge in [-0.1, -0.05) is 13.3 Å². The number of rotatable bonds is 9. The van der Waals surface area contributed by atoms with Crippen LogP contribution in [0.15, 0.2) is 0 Å². The molecule has 1 fully saturated rings. The van der Waals surface area contributed by atoms with Crippen LogP contribution in [-0.4, -0.2) is 70.3 Å². The van der Waals surface area contributed by atoms with Crippen molar-refractivity contribution in [1.29, 1.82) is 0 Å². The molecule has 1 aliphatic heterocycles. The normalized spacial score (nSPS) is 23.6. The zero-order valence-corrected chi connectivity index (χ0v) is 13.0. The van der Waals surface area contributed by atoms with Gasteiger partial charge in [-0.3, -0.25) is 4.90 Å². The fourth-order valence-electron chi connectivity index (χ4n) is 2.21. The topological polar surface area (TPSA) is 58.6 Å². The summed E-state index contributed by atoms with van der Waals surface area (Å²) in [7, 11) is -2.80. The van der Waals surface area contributed by atoms with Crippen molar-refractivity contribution in [2.24, 2.45) is 0 Å². The first kappa shape index (κ1) is 16.9. The third-order valence-electron chi connectivity index (χ3n) is 3.45. The van der Waals surface area contributed by atoms with E-state index in [-0.39, 0.29) is 6.04 Å². The quantitative estimate of drug-likeness (QED) is 0.628. The molecule has 0 aromatic heterocycles. The van der Waals surface area contributed by atoms with Gasteiger partial charge in [-0.2, -0.15) is 0 Å². The van der Waals surface area contributed by atoms with Gasteiger partial charge in [0.15, 0.2) is 9.84 Å². The molecule has 1 saturated heterocycles. The molecule has 1 heterocycles. The summed E-state index contributed by atoms with van der Waals surface area (Å²) < 4.78 is 28.4. The Bertz CT molecular complexity index is 333. The highest BCUT2D eigenvalue weighted by Crippen LogP contribution is 2.10. The largest absolute Gasteiger partial charge is 0.380 e. The molecule has 0 radical (unpaired) electrons. The van der Waals surface area contributed by atoms with E-state index in [2.05, 4.69) is 17.1 Å². The first-order valence-electron chi connectivity index (χ1n) is 7.28. The molecule has 6 heteroatoms. The van der Waals surface area contributed by atoms with Crippen LogP contribution in [-0.2, 0) is 14.6 Å². The number of unbranched alkanes of at least 4 members (excludes halogenated alkanes) is 1. The van der Waals surface area contributed by atoms with Gasteiger partial charge in [0, 0.05) is 38.8 Å². The summed E-state index contributed by atoms with van der Waals surface area (Å²) in [6.07, 6.45) is 2.29. The highest BCUT2D eigenvalue weighted by atomic mass is 32.2. The van der Waals surface area contributed by atoms with Gasteiger partial charge in [-0.05, 0) is 13.3 Å². The molecule has 19 heavy (non-hydrogen) atoms. The summed E-state index contributed by atoms with van der Waals surface area (Å²) in [5.74, 6) is 0.602. The average molecular weight is 292 g/mol. The van der Waals surface area contributed by atoms with Gasteiger partial charge in [-0.25, -0.2) is 8.42 Å². The second-order valence-electron chi connectivity index (χ2n) is 5.22. The lowest BCUT2D eigenvalue weighted by atomic mass is 10.3. The Kier molecular flexibility index (Phi) is 7.90. The molecule has 0 spiro atoms. The molecule has 0 aromatic rings. The van der Waals surface area contributed by atoms with Crippen molar-refractivity contribution in [3.05, 3.63) is 0 Å². The van der Waals surface area contributed by atoms with Crippen LogP contribution in [0.4, 0.5) is 0 Å². The van der Waals surface area contributed by atoms with Gasteiger partial charge in [0.1, 0.15) is 0 Å². The predicted octanol–water partition coefficient (Wildman–Crippen LogP) is 0.512. The monoisotopic (exact) mass is 292 g/mol. The average Bonchev–Trinajstić information content (AvgIpc) is 2.34.